The highest BCUT2D eigenvalue weighted by molar-refractivity contribution is 6.74. The molecule has 0 spiro atoms. The molecule has 0 aliphatic rings. The smallest absolute Gasteiger partial charge is 0.194 e. The van der Waals surface area contributed by atoms with Gasteiger partial charge in [-0.1, -0.05) is 53.4 Å². The lowest BCUT2D eigenvalue weighted by molar-refractivity contribution is 0.0905. The third kappa shape index (κ3) is 8.24. The van der Waals surface area contributed by atoms with Gasteiger partial charge in [0.25, 0.3) is 0 Å². The minimum Gasteiger partial charge on any atom is -0.494 e. The molecule has 0 saturated heterocycles. The average Bonchev–Trinajstić information content (AvgIpc) is 2.63. The van der Waals surface area contributed by atoms with Gasteiger partial charge in [0.15, 0.2) is 14.4 Å². The number of rotatable bonds is 12. The first-order valence-electron chi connectivity index (χ1n) is 10.6. The summed E-state index contributed by atoms with van der Waals surface area (Å²) in [4.78, 5) is 0. The van der Waals surface area contributed by atoms with Crippen molar-refractivity contribution < 1.29 is 13.9 Å². The Morgan fingerprint density at radius 3 is 2.11 bits per heavy atom. The third-order valence-electron chi connectivity index (χ3n) is 5.44. The summed E-state index contributed by atoms with van der Waals surface area (Å²) in [6.45, 7) is 15.7. The lowest BCUT2D eigenvalue weighted by Crippen LogP contribution is -2.47. The van der Waals surface area contributed by atoms with Gasteiger partial charge in [0.1, 0.15) is 17.6 Å². The molecule has 0 aliphatic carbocycles. The fourth-order valence-corrected chi connectivity index (χ4v) is 3.74. The van der Waals surface area contributed by atoms with E-state index in [2.05, 4.69) is 46.9 Å². The van der Waals surface area contributed by atoms with Crippen LogP contribution in [0.15, 0.2) is 24.3 Å². The van der Waals surface area contributed by atoms with Gasteiger partial charge in [-0.2, -0.15) is 5.26 Å². The molecule has 0 heterocycles. The van der Waals surface area contributed by atoms with Crippen LogP contribution in [0.2, 0.25) is 18.1 Å². The number of ether oxygens (including phenoxy) is 2. The molecular formula is C23H39NO3Si. The van der Waals surface area contributed by atoms with Crippen molar-refractivity contribution in [3.63, 3.8) is 0 Å². The number of nitrogens with zero attached hydrogens (tertiary/aromatic N) is 1. The fraction of sp³-hybridized carbons (Fsp3) is 0.696. The van der Waals surface area contributed by atoms with Crippen LogP contribution in [-0.4, -0.2) is 27.1 Å². The molecule has 0 radical (unpaired) electrons. The summed E-state index contributed by atoms with van der Waals surface area (Å²) in [5.74, 6) is 1.58. The summed E-state index contributed by atoms with van der Waals surface area (Å²) >= 11 is 0. The molecule has 0 aliphatic heterocycles. The Balaban J connectivity index is 2.52. The van der Waals surface area contributed by atoms with E-state index in [1.807, 2.05) is 31.2 Å². The molecule has 1 aromatic carbocycles. The second-order valence-electron chi connectivity index (χ2n) is 8.98. The molecule has 158 valence electrons. The topological polar surface area (TPSA) is 51.5 Å². The highest BCUT2D eigenvalue weighted by Crippen LogP contribution is 2.37. The van der Waals surface area contributed by atoms with Gasteiger partial charge in [0.2, 0.25) is 0 Å². The predicted octanol–water partition coefficient (Wildman–Crippen LogP) is 6.72. The minimum atomic E-state index is -2.03. The third-order valence-corrected chi connectivity index (χ3v) is 9.90. The molecule has 0 N–H and O–H groups in total. The minimum absolute atomic E-state index is 0.0529. The maximum Gasteiger partial charge on any atom is 0.194 e. The summed E-state index contributed by atoms with van der Waals surface area (Å²) < 4.78 is 18.0. The zero-order valence-electron chi connectivity index (χ0n) is 18.9. The van der Waals surface area contributed by atoms with Crippen LogP contribution in [-0.2, 0) is 4.43 Å². The first-order chi connectivity index (χ1) is 13.1. The van der Waals surface area contributed by atoms with E-state index in [-0.39, 0.29) is 11.1 Å². The van der Waals surface area contributed by atoms with Crippen LogP contribution in [0.4, 0.5) is 0 Å². The molecule has 4 nitrogen and oxygen atoms in total. The van der Waals surface area contributed by atoms with Crippen molar-refractivity contribution in [1.29, 1.82) is 5.26 Å². The zero-order chi connectivity index (χ0) is 21.2. The molecule has 0 fully saturated rings. The van der Waals surface area contributed by atoms with E-state index < -0.39 is 14.4 Å². The molecule has 5 heteroatoms. The van der Waals surface area contributed by atoms with Crippen molar-refractivity contribution in [2.75, 3.05) is 6.61 Å². The van der Waals surface area contributed by atoms with Crippen LogP contribution in [0.1, 0.15) is 66.7 Å². The molecule has 0 amide bonds. The second-order valence-corrected chi connectivity index (χ2v) is 13.7. The van der Waals surface area contributed by atoms with Gasteiger partial charge >= 0.3 is 0 Å². The van der Waals surface area contributed by atoms with E-state index in [9.17, 15) is 5.26 Å². The summed E-state index contributed by atoms with van der Waals surface area (Å²) in [6, 6.07) is 9.90. The Labute approximate surface area is 173 Å². The van der Waals surface area contributed by atoms with E-state index in [1.165, 1.54) is 25.7 Å². The number of nitriles is 1. The average molecular weight is 406 g/mol. The SMILES string of the molecule is CCCCCCCOc1ccc(OC(C)C(C#N)O[Si](C)(C)C(C)(C)C)cc1. The Hall–Kier alpha value is -1.51. The quantitative estimate of drug-likeness (QED) is 0.286. The first kappa shape index (κ1) is 24.5. The standard InChI is InChI=1S/C23H39NO3Si/c1-8-9-10-11-12-17-25-20-13-15-21(16-14-20)26-19(2)22(18-24)27-28(6,7)23(3,4)5/h13-16,19,22H,8-12,17H2,1-7H3. The number of benzene rings is 1. The number of hydrogen-bond donors (Lipinski definition) is 0. The lowest BCUT2D eigenvalue weighted by Gasteiger charge is -2.38. The summed E-state index contributed by atoms with van der Waals surface area (Å²) in [5.41, 5.74) is 0. The van der Waals surface area contributed by atoms with E-state index in [1.54, 1.807) is 0 Å². The summed E-state index contributed by atoms with van der Waals surface area (Å²) in [5, 5.41) is 9.62. The maximum atomic E-state index is 9.57. The molecule has 0 aromatic heterocycles. The van der Waals surface area contributed by atoms with Gasteiger partial charge in [-0.3, -0.25) is 0 Å². The first-order valence-corrected chi connectivity index (χ1v) is 13.5. The van der Waals surface area contributed by atoms with Crippen LogP contribution >= 0.6 is 0 Å². The molecule has 1 rings (SSSR count). The van der Waals surface area contributed by atoms with Crippen molar-refractivity contribution in [2.45, 2.75) is 97.1 Å². The predicted molar refractivity (Wildman–Crippen MR) is 118 cm³/mol. The molecule has 1 aromatic rings. The van der Waals surface area contributed by atoms with Crippen molar-refractivity contribution in [2.24, 2.45) is 0 Å². The number of unbranched alkanes of at least 4 members (excludes halogenated alkanes) is 4. The van der Waals surface area contributed by atoms with Gasteiger partial charge in [0, 0.05) is 0 Å². The van der Waals surface area contributed by atoms with Crippen molar-refractivity contribution in [3.05, 3.63) is 24.3 Å². The summed E-state index contributed by atoms with van der Waals surface area (Å²) in [7, 11) is -2.03. The van der Waals surface area contributed by atoms with Gasteiger partial charge in [-0.25, -0.2) is 0 Å². The highest BCUT2D eigenvalue weighted by atomic mass is 28.4. The van der Waals surface area contributed by atoms with E-state index in [4.69, 9.17) is 13.9 Å². The Morgan fingerprint density at radius 1 is 1.00 bits per heavy atom. The normalized spacial score (nSPS) is 14.2. The van der Waals surface area contributed by atoms with Gasteiger partial charge < -0.3 is 13.9 Å². The maximum absolute atomic E-state index is 9.57. The number of hydrogen-bond acceptors (Lipinski definition) is 4. The van der Waals surface area contributed by atoms with Crippen LogP contribution in [0, 0.1) is 11.3 Å². The van der Waals surface area contributed by atoms with Crippen molar-refractivity contribution >= 4 is 8.32 Å². The van der Waals surface area contributed by atoms with Crippen LogP contribution in [0.5, 0.6) is 11.5 Å². The van der Waals surface area contributed by atoms with Crippen LogP contribution < -0.4 is 9.47 Å². The summed E-state index contributed by atoms with van der Waals surface area (Å²) in [6.07, 6.45) is 5.22. The van der Waals surface area contributed by atoms with Gasteiger partial charge in [-0.05, 0) is 55.7 Å². The van der Waals surface area contributed by atoms with E-state index >= 15 is 0 Å². The monoisotopic (exact) mass is 405 g/mol. The Bertz CT molecular complexity index is 602. The Morgan fingerprint density at radius 2 is 1.57 bits per heavy atom. The van der Waals surface area contributed by atoms with Crippen LogP contribution in [0.25, 0.3) is 0 Å². The fourth-order valence-electron chi connectivity index (χ4n) is 2.51. The molecule has 28 heavy (non-hydrogen) atoms. The van der Waals surface area contributed by atoms with Gasteiger partial charge in [0.05, 0.1) is 12.7 Å². The molecule has 0 bridgehead atoms. The van der Waals surface area contributed by atoms with Crippen molar-refractivity contribution in [3.8, 4) is 17.6 Å². The molecule has 2 unspecified atom stereocenters. The molecular weight excluding hydrogens is 366 g/mol. The van der Waals surface area contributed by atoms with E-state index in [0.29, 0.717) is 0 Å². The van der Waals surface area contributed by atoms with Crippen LogP contribution in [0.3, 0.4) is 0 Å². The zero-order valence-corrected chi connectivity index (χ0v) is 19.9. The second kappa shape index (κ2) is 11.5. The highest BCUT2D eigenvalue weighted by Gasteiger charge is 2.40. The molecule has 0 saturated carbocycles. The molecule has 2 atom stereocenters. The van der Waals surface area contributed by atoms with Crippen molar-refractivity contribution in [1.82, 2.24) is 0 Å². The van der Waals surface area contributed by atoms with E-state index in [0.717, 1.165) is 24.5 Å². The lowest BCUT2D eigenvalue weighted by atomic mass is 10.2. The Kier molecular flexibility index (Phi) is 10.1. The largest absolute Gasteiger partial charge is 0.494 e. The van der Waals surface area contributed by atoms with Gasteiger partial charge in [-0.15, -0.1) is 0 Å².